The van der Waals surface area contributed by atoms with E-state index in [1.54, 1.807) is 0 Å². The Morgan fingerprint density at radius 2 is 1.78 bits per heavy atom. The lowest BCUT2D eigenvalue weighted by molar-refractivity contribution is -0.131. The Labute approximate surface area is 164 Å². The largest absolute Gasteiger partial charge is 0.353 e. The number of aromatic nitrogens is 2. The molecule has 0 atom stereocenters. The molecule has 1 amide bonds. The van der Waals surface area contributed by atoms with Gasteiger partial charge >= 0.3 is 0 Å². The highest BCUT2D eigenvalue weighted by Gasteiger charge is 2.27. The molecule has 2 aromatic heterocycles. The predicted octanol–water partition coefficient (Wildman–Crippen LogP) is 2.23. The molecule has 5 rings (SSSR count). The van der Waals surface area contributed by atoms with Gasteiger partial charge in [0.15, 0.2) is 0 Å². The zero-order valence-electron chi connectivity index (χ0n) is 16.0. The van der Waals surface area contributed by atoms with Crippen LogP contribution in [-0.2, 0) is 17.6 Å². The summed E-state index contributed by atoms with van der Waals surface area (Å²) >= 11 is 1.86. The first-order valence-corrected chi connectivity index (χ1v) is 11.0. The lowest BCUT2D eigenvalue weighted by Crippen LogP contribution is -2.50. The van der Waals surface area contributed by atoms with E-state index in [2.05, 4.69) is 9.80 Å². The number of likely N-dealkylation sites (tertiary alicyclic amines) is 1. The van der Waals surface area contributed by atoms with E-state index in [9.17, 15) is 4.79 Å². The predicted molar refractivity (Wildman–Crippen MR) is 109 cm³/mol. The normalized spacial score (nSPS) is 20.6. The average molecular weight is 386 g/mol. The fraction of sp³-hybridized carbons (Fsp3) is 0.650. The maximum absolute atomic E-state index is 12.4. The Morgan fingerprint density at radius 1 is 1.00 bits per heavy atom. The van der Waals surface area contributed by atoms with Gasteiger partial charge < -0.3 is 9.80 Å². The quantitative estimate of drug-likeness (QED) is 0.811. The summed E-state index contributed by atoms with van der Waals surface area (Å²) in [7, 11) is 0. The third-order valence-electron chi connectivity index (χ3n) is 6.15. The summed E-state index contributed by atoms with van der Waals surface area (Å²) in [5.74, 6) is 2.29. The first kappa shape index (κ1) is 17.4. The van der Waals surface area contributed by atoms with E-state index in [0.717, 1.165) is 68.6 Å². The van der Waals surface area contributed by atoms with Crippen LogP contribution in [0.2, 0.25) is 0 Å². The number of rotatable bonds is 3. The van der Waals surface area contributed by atoms with E-state index in [1.807, 2.05) is 23.2 Å². The average Bonchev–Trinajstić information content (AvgIpc) is 3.38. The van der Waals surface area contributed by atoms with Crippen LogP contribution in [0.25, 0.3) is 10.2 Å². The number of amides is 1. The summed E-state index contributed by atoms with van der Waals surface area (Å²) in [6.45, 7) is 8.18. The monoisotopic (exact) mass is 385 g/mol. The van der Waals surface area contributed by atoms with Gasteiger partial charge in [-0.05, 0) is 44.6 Å². The summed E-state index contributed by atoms with van der Waals surface area (Å²) in [6, 6.07) is 0. The van der Waals surface area contributed by atoms with Gasteiger partial charge in [-0.3, -0.25) is 9.69 Å². The molecule has 0 N–H and O–H groups in total. The number of thiophene rings is 1. The van der Waals surface area contributed by atoms with Crippen molar-refractivity contribution in [2.75, 3.05) is 50.7 Å². The molecule has 0 aromatic carbocycles. The SMILES string of the molecule is Cc1nc(N2CCN(CC(=O)N3CCCC3)CC2)c2c3c(sc2n1)CCC3. The third-order valence-corrected chi connectivity index (χ3v) is 7.33. The first-order valence-electron chi connectivity index (χ1n) is 10.2. The third kappa shape index (κ3) is 3.21. The number of carbonyl (C=O) groups excluding carboxylic acids is 1. The van der Waals surface area contributed by atoms with Crippen LogP contribution < -0.4 is 4.90 Å². The van der Waals surface area contributed by atoms with E-state index in [-0.39, 0.29) is 0 Å². The molecular formula is C20H27N5OS. The maximum Gasteiger partial charge on any atom is 0.236 e. The molecule has 2 aliphatic heterocycles. The van der Waals surface area contributed by atoms with E-state index in [0.29, 0.717) is 12.5 Å². The van der Waals surface area contributed by atoms with Crippen LogP contribution in [-0.4, -0.2) is 71.5 Å². The number of aryl methyl sites for hydroxylation is 3. The fourth-order valence-corrected chi connectivity index (χ4v) is 5.99. The number of piperazine rings is 1. The highest BCUT2D eigenvalue weighted by atomic mass is 32.1. The highest BCUT2D eigenvalue weighted by molar-refractivity contribution is 7.19. The van der Waals surface area contributed by atoms with Gasteiger partial charge in [0, 0.05) is 44.1 Å². The number of anilines is 1. The van der Waals surface area contributed by atoms with Crippen LogP contribution in [0, 0.1) is 6.92 Å². The first-order chi connectivity index (χ1) is 13.2. The molecule has 3 aliphatic rings. The van der Waals surface area contributed by atoms with E-state index < -0.39 is 0 Å². The highest BCUT2D eigenvalue weighted by Crippen LogP contribution is 2.40. The van der Waals surface area contributed by atoms with Crippen LogP contribution in [0.15, 0.2) is 0 Å². The molecule has 4 heterocycles. The van der Waals surface area contributed by atoms with Gasteiger partial charge in [-0.1, -0.05) is 0 Å². The minimum absolute atomic E-state index is 0.303. The van der Waals surface area contributed by atoms with Crippen molar-refractivity contribution < 1.29 is 4.79 Å². The molecule has 1 aliphatic carbocycles. The lowest BCUT2D eigenvalue weighted by atomic mass is 10.1. The molecule has 2 saturated heterocycles. The zero-order valence-corrected chi connectivity index (χ0v) is 16.9. The Kier molecular flexibility index (Phi) is 4.52. The smallest absolute Gasteiger partial charge is 0.236 e. The molecule has 0 saturated carbocycles. The molecule has 0 unspecified atom stereocenters. The van der Waals surface area contributed by atoms with Crippen molar-refractivity contribution in [3.63, 3.8) is 0 Å². The standard InChI is InChI=1S/C20H27N5OS/c1-14-21-19(18-15-5-4-6-16(15)27-20(18)22-14)25-11-9-23(10-12-25)13-17(26)24-7-2-3-8-24/h2-13H2,1H3. The Balaban J connectivity index is 1.31. The van der Waals surface area contributed by atoms with Gasteiger partial charge in [-0.15, -0.1) is 11.3 Å². The van der Waals surface area contributed by atoms with Crippen molar-refractivity contribution in [1.82, 2.24) is 19.8 Å². The number of fused-ring (bicyclic) bond motifs is 3. The molecule has 7 heteroatoms. The van der Waals surface area contributed by atoms with Gasteiger partial charge in [0.1, 0.15) is 16.5 Å². The number of hydrogen-bond acceptors (Lipinski definition) is 6. The second kappa shape index (κ2) is 7.02. The molecule has 27 heavy (non-hydrogen) atoms. The maximum atomic E-state index is 12.4. The zero-order chi connectivity index (χ0) is 18.4. The van der Waals surface area contributed by atoms with Gasteiger partial charge in [-0.25, -0.2) is 9.97 Å². The molecule has 0 spiro atoms. The second-order valence-electron chi connectivity index (χ2n) is 7.98. The molecule has 2 aromatic rings. The molecule has 0 bridgehead atoms. The molecule has 0 radical (unpaired) electrons. The second-order valence-corrected chi connectivity index (χ2v) is 9.07. The van der Waals surface area contributed by atoms with Crippen LogP contribution in [0.1, 0.15) is 35.5 Å². The molecule has 144 valence electrons. The minimum atomic E-state index is 0.303. The van der Waals surface area contributed by atoms with Crippen molar-refractivity contribution in [3.8, 4) is 0 Å². The minimum Gasteiger partial charge on any atom is -0.353 e. The Bertz CT molecular complexity index is 865. The number of nitrogens with zero attached hydrogens (tertiary/aromatic N) is 5. The summed E-state index contributed by atoms with van der Waals surface area (Å²) < 4.78 is 0. The molecule has 2 fully saturated rings. The van der Waals surface area contributed by atoms with E-state index >= 15 is 0 Å². The van der Waals surface area contributed by atoms with Crippen molar-refractivity contribution in [1.29, 1.82) is 0 Å². The van der Waals surface area contributed by atoms with Crippen LogP contribution >= 0.6 is 11.3 Å². The number of hydrogen-bond donors (Lipinski definition) is 0. The van der Waals surface area contributed by atoms with Crippen molar-refractivity contribution >= 4 is 33.3 Å². The van der Waals surface area contributed by atoms with E-state index in [4.69, 9.17) is 9.97 Å². The van der Waals surface area contributed by atoms with Crippen LogP contribution in [0.3, 0.4) is 0 Å². The van der Waals surface area contributed by atoms with Gasteiger partial charge in [0.05, 0.1) is 11.9 Å². The Hall–Kier alpha value is -1.73. The Morgan fingerprint density at radius 3 is 2.56 bits per heavy atom. The fourth-order valence-electron chi connectivity index (χ4n) is 4.68. The van der Waals surface area contributed by atoms with Gasteiger partial charge in [0.2, 0.25) is 5.91 Å². The summed E-state index contributed by atoms with van der Waals surface area (Å²) in [5, 5.41) is 1.31. The summed E-state index contributed by atoms with van der Waals surface area (Å²) in [6.07, 6.45) is 5.94. The lowest BCUT2D eigenvalue weighted by Gasteiger charge is -2.36. The molecule has 6 nitrogen and oxygen atoms in total. The van der Waals surface area contributed by atoms with Crippen molar-refractivity contribution in [2.45, 2.75) is 39.0 Å². The van der Waals surface area contributed by atoms with Crippen molar-refractivity contribution in [2.24, 2.45) is 0 Å². The number of carbonyl (C=O) groups is 1. The van der Waals surface area contributed by atoms with Crippen LogP contribution in [0.4, 0.5) is 5.82 Å². The molecular weight excluding hydrogens is 358 g/mol. The van der Waals surface area contributed by atoms with Crippen molar-refractivity contribution in [3.05, 3.63) is 16.3 Å². The van der Waals surface area contributed by atoms with E-state index in [1.165, 1.54) is 35.1 Å². The van der Waals surface area contributed by atoms with Gasteiger partial charge in [0.25, 0.3) is 0 Å². The summed E-state index contributed by atoms with van der Waals surface area (Å²) in [5.41, 5.74) is 1.50. The van der Waals surface area contributed by atoms with Gasteiger partial charge in [-0.2, -0.15) is 0 Å². The summed E-state index contributed by atoms with van der Waals surface area (Å²) in [4.78, 5) is 31.4. The topological polar surface area (TPSA) is 52.6 Å². The van der Waals surface area contributed by atoms with Crippen LogP contribution in [0.5, 0.6) is 0 Å².